The minimum absolute atomic E-state index is 0.103. The van der Waals surface area contributed by atoms with Gasteiger partial charge in [-0.15, -0.1) is 0 Å². The molecule has 1 unspecified atom stereocenters. The molecule has 13 heavy (non-hydrogen) atoms. The van der Waals surface area contributed by atoms with Crippen LogP contribution >= 0.6 is 0 Å². The van der Waals surface area contributed by atoms with Crippen LogP contribution in [0.4, 0.5) is 0 Å². The Hall–Kier alpha value is -1.31. The summed E-state index contributed by atoms with van der Waals surface area (Å²) in [7, 11) is 0. The van der Waals surface area contributed by atoms with Gasteiger partial charge in [-0.1, -0.05) is 17.7 Å². The Kier molecular flexibility index (Phi) is 1.65. The number of benzene rings is 1. The SMILES string of the molecule is Cc1cc(C)c2c(c1)C(C)C(=O)O2. The van der Waals surface area contributed by atoms with Crippen molar-refractivity contribution in [2.24, 2.45) is 0 Å². The van der Waals surface area contributed by atoms with Crippen molar-refractivity contribution < 1.29 is 9.53 Å². The first-order chi connectivity index (χ1) is 6.09. The molecule has 1 aliphatic heterocycles. The van der Waals surface area contributed by atoms with E-state index in [-0.39, 0.29) is 11.9 Å². The third-order valence-corrected chi connectivity index (χ3v) is 2.47. The lowest BCUT2D eigenvalue weighted by molar-refractivity contribution is -0.133. The van der Waals surface area contributed by atoms with Crippen molar-refractivity contribution >= 4 is 5.97 Å². The Morgan fingerprint density at radius 1 is 1.31 bits per heavy atom. The van der Waals surface area contributed by atoms with Gasteiger partial charge in [0.25, 0.3) is 0 Å². The van der Waals surface area contributed by atoms with Crippen molar-refractivity contribution in [2.45, 2.75) is 26.7 Å². The van der Waals surface area contributed by atoms with Crippen molar-refractivity contribution in [1.82, 2.24) is 0 Å². The molecule has 0 aliphatic carbocycles. The molecule has 0 saturated heterocycles. The lowest BCUT2D eigenvalue weighted by Crippen LogP contribution is -2.05. The average molecular weight is 176 g/mol. The summed E-state index contributed by atoms with van der Waals surface area (Å²) in [5.41, 5.74) is 3.26. The smallest absolute Gasteiger partial charge is 0.318 e. The highest BCUT2D eigenvalue weighted by Crippen LogP contribution is 2.37. The number of fused-ring (bicyclic) bond motifs is 1. The molecule has 1 aliphatic rings. The van der Waals surface area contributed by atoms with Gasteiger partial charge in [-0.25, -0.2) is 0 Å². The zero-order chi connectivity index (χ0) is 9.59. The number of esters is 1. The number of hydrogen-bond donors (Lipinski definition) is 0. The van der Waals surface area contributed by atoms with E-state index >= 15 is 0 Å². The molecule has 1 atom stereocenters. The average Bonchev–Trinajstić information content (AvgIpc) is 2.32. The van der Waals surface area contributed by atoms with Gasteiger partial charge in [-0.3, -0.25) is 4.79 Å². The number of carbonyl (C=O) groups is 1. The normalized spacial score (nSPS) is 19.9. The summed E-state index contributed by atoms with van der Waals surface area (Å²) in [6, 6.07) is 4.06. The maximum absolute atomic E-state index is 11.3. The maximum atomic E-state index is 11.3. The zero-order valence-corrected chi connectivity index (χ0v) is 8.05. The topological polar surface area (TPSA) is 26.3 Å². The van der Waals surface area contributed by atoms with Crippen LogP contribution in [0.25, 0.3) is 0 Å². The van der Waals surface area contributed by atoms with Crippen molar-refractivity contribution in [2.75, 3.05) is 0 Å². The highest BCUT2D eigenvalue weighted by molar-refractivity contribution is 5.86. The van der Waals surface area contributed by atoms with Gasteiger partial charge < -0.3 is 4.74 Å². The molecule has 0 saturated carbocycles. The minimum Gasteiger partial charge on any atom is -0.425 e. The molecule has 1 aromatic rings. The van der Waals surface area contributed by atoms with E-state index < -0.39 is 0 Å². The first-order valence-corrected chi connectivity index (χ1v) is 4.42. The standard InChI is InChI=1S/C11H12O2/c1-6-4-7(2)10-9(5-6)8(3)11(12)13-10/h4-5,8H,1-3H3. The molecule has 0 radical (unpaired) electrons. The second-order valence-corrected chi connectivity index (χ2v) is 3.64. The zero-order valence-electron chi connectivity index (χ0n) is 8.05. The molecule has 0 spiro atoms. The Morgan fingerprint density at radius 3 is 2.69 bits per heavy atom. The van der Waals surface area contributed by atoms with Crippen LogP contribution in [0.3, 0.4) is 0 Å². The van der Waals surface area contributed by atoms with Gasteiger partial charge in [0.15, 0.2) is 0 Å². The molecule has 0 bridgehead atoms. The Labute approximate surface area is 77.5 Å². The molecule has 2 nitrogen and oxygen atoms in total. The van der Waals surface area contributed by atoms with E-state index in [0.717, 1.165) is 16.9 Å². The van der Waals surface area contributed by atoms with E-state index in [4.69, 9.17) is 4.74 Å². The predicted octanol–water partition coefficient (Wildman–Crippen LogP) is 2.33. The second-order valence-electron chi connectivity index (χ2n) is 3.64. The van der Waals surface area contributed by atoms with Crippen molar-refractivity contribution in [3.8, 4) is 5.75 Å². The molecule has 1 aromatic carbocycles. The molecule has 0 aromatic heterocycles. The van der Waals surface area contributed by atoms with Crippen LogP contribution in [0.2, 0.25) is 0 Å². The molecule has 68 valence electrons. The van der Waals surface area contributed by atoms with Crippen molar-refractivity contribution in [1.29, 1.82) is 0 Å². The summed E-state index contributed by atoms with van der Waals surface area (Å²) in [4.78, 5) is 11.3. The van der Waals surface area contributed by atoms with Crippen LogP contribution in [-0.2, 0) is 4.79 Å². The van der Waals surface area contributed by atoms with E-state index in [2.05, 4.69) is 0 Å². The van der Waals surface area contributed by atoms with E-state index in [9.17, 15) is 4.79 Å². The maximum Gasteiger partial charge on any atom is 0.318 e. The summed E-state index contributed by atoms with van der Waals surface area (Å²) >= 11 is 0. The first-order valence-electron chi connectivity index (χ1n) is 4.42. The summed E-state index contributed by atoms with van der Waals surface area (Å²) in [5.74, 6) is 0.528. The molecule has 2 heteroatoms. The van der Waals surface area contributed by atoms with Crippen molar-refractivity contribution in [3.05, 3.63) is 28.8 Å². The minimum atomic E-state index is -0.135. The molecule has 0 N–H and O–H groups in total. The van der Waals surface area contributed by atoms with Crippen LogP contribution in [0.5, 0.6) is 5.75 Å². The fourth-order valence-corrected chi connectivity index (χ4v) is 1.76. The summed E-state index contributed by atoms with van der Waals surface area (Å²) in [6.07, 6.45) is 0. The quantitative estimate of drug-likeness (QED) is 0.448. The highest BCUT2D eigenvalue weighted by atomic mass is 16.5. The number of aryl methyl sites for hydroxylation is 2. The summed E-state index contributed by atoms with van der Waals surface area (Å²) in [5, 5.41) is 0. The number of carbonyl (C=O) groups excluding carboxylic acids is 1. The van der Waals surface area contributed by atoms with Gasteiger partial charge in [-0.05, 0) is 26.3 Å². The predicted molar refractivity (Wildman–Crippen MR) is 50.0 cm³/mol. The van der Waals surface area contributed by atoms with Gasteiger partial charge in [0.05, 0.1) is 5.92 Å². The monoisotopic (exact) mass is 176 g/mol. The number of rotatable bonds is 0. The fraction of sp³-hybridized carbons (Fsp3) is 0.364. The molecule has 0 amide bonds. The lowest BCUT2D eigenvalue weighted by Gasteiger charge is -2.03. The van der Waals surface area contributed by atoms with Gasteiger partial charge in [0.1, 0.15) is 5.75 Å². The largest absolute Gasteiger partial charge is 0.425 e. The van der Waals surface area contributed by atoms with E-state index in [1.165, 1.54) is 5.56 Å². The first kappa shape index (κ1) is 8.30. The fourth-order valence-electron chi connectivity index (χ4n) is 1.76. The van der Waals surface area contributed by atoms with Gasteiger partial charge in [0.2, 0.25) is 0 Å². The van der Waals surface area contributed by atoms with E-state index in [0.29, 0.717) is 0 Å². The Bertz CT molecular complexity index is 380. The third-order valence-electron chi connectivity index (χ3n) is 2.47. The molecular weight excluding hydrogens is 164 g/mol. The Morgan fingerprint density at radius 2 is 2.00 bits per heavy atom. The number of hydrogen-bond acceptors (Lipinski definition) is 2. The van der Waals surface area contributed by atoms with Crippen LogP contribution in [-0.4, -0.2) is 5.97 Å². The molecule has 1 heterocycles. The Balaban J connectivity index is 2.63. The van der Waals surface area contributed by atoms with E-state index in [1.54, 1.807) is 0 Å². The van der Waals surface area contributed by atoms with Gasteiger partial charge >= 0.3 is 5.97 Å². The third kappa shape index (κ3) is 1.13. The number of ether oxygens (including phenoxy) is 1. The molecule has 0 fully saturated rings. The molecular formula is C11H12O2. The van der Waals surface area contributed by atoms with E-state index in [1.807, 2.05) is 32.9 Å². The van der Waals surface area contributed by atoms with Crippen molar-refractivity contribution in [3.63, 3.8) is 0 Å². The van der Waals surface area contributed by atoms with Crippen LogP contribution in [0, 0.1) is 13.8 Å². The van der Waals surface area contributed by atoms with Crippen LogP contribution < -0.4 is 4.74 Å². The van der Waals surface area contributed by atoms with Crippen LogP contribution in [0.15, 0.2) is 12.1 Å². The lowest BCUT2D eigenvalue weighted by atomic mass is 9.98. The van der Waals surface area contributed by atoms with Gasteiger partial charge in [0, 0.05) is 5.56 Å². The molecule has 2 rings (SSSR count). The summed E-state index contributed by atoms with van der Waals surface area (Å²) < 4.78 is 5.17. The van der Waals surface area contributed by atoms with Gasteiger partial charge in [-0.2, -0.15) is 0 Å². The highest BCUT2D eigenvalue weighted by Gasteiger charge is 2.30. The second kappa shape index (κ2) is 2.59. The summed E-state index contributed by atoms with van der Waals surface area (Å²) in [6.45, 7) is 5.88. The van der Waals surface area contributed by atoms with Crippen LogP contribution in [0.1, 0.15) is 29.5 Å².